The summed E-state index contributed by atoms with van der Waals surface area (Å²) < 4.78 is 15.9. The molecule has 0 aromatic heterocycles. The fraction of sp³-hybridized carbons (Fsp3) is 0.500. The number of rotatable bonds is 5. The van der Waals surface area contributed by atoms with Crippen molar-refractivity contribution in [2.24, 2.45) is 0 Å². The molecule has 1 aromatic carbocycles. The maximum Gasteiger partial charge on any atom is 0.306 e. The third-order valence-corrected chi connectivity index (χ3v) is 3.17. The molecule has 0 aliphatic carbocycles. The number of carbonyl (C=O) groups is 1. The summed E-state index contributed by atoms with van der Waals surface area (Å²) in [6, 6.07) is 7.95. The third kappa shape index (κ3) is 3.01. The minimum absolute atomic E-state index is 0.0273. The summed E-state index contributed by atoms with van der Waals surface area (Å²) in [6.45, 7) is 1.42. The SMILES string of the molecule is O=C1CCC(Cc2cccc(OCC3CO3)c2)O1. The van der Waals surface area contributed by atoms with Gasteiger partial charge in [-0.3, -0.25) is 4.79 Å². The van der Waals surface area contributed by atoms with Crippen LogP contribution in [0.3, 0.4) is 0 Å². The highest BCUT2D eigenvalue weighted by atomic mass is 16.6. The second-order valence-corrected chi connectivity index (χ2v) is 4.77. The number of cyclic esters (lactones) is 1. The summed E-state index contributed by atoms with van der Waals surface area (Å²) in [7, 11) is 0. The van der Waals surface area contributed by atoms with Crippen LogP contribution < -0.4 is 4.74 Å². The molecule has 96 valence electrons. The van der Waals surface area contributed by atoms with Crippen LogP contribution in [0.1, 0.15) is 18.4 Å². The van der Waals surface area contributed by atoms with E-state index in [4.69, 9.17) is 14.2 Å². The molecule has 2 atom stereocenters. The van der Waals surface area contributed by atoms with Gasteiger partial charge in [0.25, 0.3) is 0 Å². The van der Waals surface area contributed by atoms with Crippen LogP contribution in [0.4, 0.5) is 0 Å². The summed E-state index contributed by atoms with van der Waals surface area (Å²) in [5.74, 6) is 0.769. The molecule has 2 fully saturated rings. The fourth-order valence-corrected chi connectivity index (χ4v) is 2.10. The zero-order chi connectivity index (χ0) is 12.4. The highest BCUT2D eigenvalue weighted by Gasteiger charge is 2.24. The van der Waals surface area contributed by atoms with Crippen molar-refractivity contribution in [1.82, 2.24) is 0 Å². The van der Waals surface area contributed by atoms with Crippen LogP contribution in [0.5, 0.6) is 5.75 Å². The first kappa shape index (κ1) is 11.5. The highest BCUT2D eigenvalue weighted by Crippen LogP contribution is 2.21. The van der Waals surface area contributed by atoms with Gasteiger partial charge in [0.15, 0.2) is 0 Å². The van der Waals surface area contributed by atoms with Crippen LogP contribution in [-0.4, -0.2) is 31.4 Å². The van der Waals surface area contributed by atoms with E-state index in [1.807, 2.05) is 24.3 Å². The molecule has 2 saturated heterocycles. The minimum Gasteiger partial charge on any atom is -0.491 e. The van der Waals surface area contributed by atoms with Crippen LogP contribution in [-0.2, 0) is 20.7 Å². The Balaban J connectivity index is 1.57. The van der Waals surface area contributed by atoms with E-state index in [-0.39, 0.29) is 18.2 Å². The van der Waals surface area contributed by atoms with Gasteiger partial charge in [-0.25, -0.2) is 0 Å². The van der Waals surface area contributed by atoms with E-state index in [0.717, 1.165) is 30.8 Å². The van der Waals surface area contributed by atoms with Crippen LogP contribution in [0.25, 0.3) is 0 Å². The van der Waals surface area contributed by atoms with Crippen molar-refractivity contribution >= 4 is 5.97 Å². The number of hydrogen-bond donors (Lipinski definition) is 0. The summed E-state index contributed by atoms with van der Waals surface area (Å²) in [5.41, 5.74) is 1.14. The van der Waals surface area contributed by atoms with Gasteiger partial charge in [0.1, 0.15) is 24.6 Å². The van der Waals surface area contributed by atoms with E-state index in [0.29, 0.717) is 13.0 Å². The van der Waals surface area contributed by atoms with Crippen molar-refractivity contribution in [1.29, 1.82) is 0 Å². The molecular weight excluding hydrogens is 232 g/mol. The second-order valence-electron chi connectivity index (χ2n) is 4.77. The van der Waals surface area contributed by atoms with E-state index in [1.165, 1.54) is 0 Å². The Kier molecular flexibility index (Phi) is 3.19. The molecule has 0 saturated carbocycles. The lowest BCUT2D eigenvalue weighted by atomic mass is 10.1. The summed E-state index contributed by atoms with van der Waals surface area (Å²) >= 11 is 0. The molecule has 0 amide bonds. The molecule has 0 N–H and O–H groups in total. The Morgan fingerprint density at radius 2 is 2.22 bits per heavy atom. The van der Waals surface area contributed by atoms with Crippen molar-refractivity contribution in [3.05, 3.63) is 29.8 Å². The predicted octanol–water partition coefficient (Wildman–Crippen LogP) is 1.71. The summed E-state index contributed by atoms with van der Waals surface area (Å²) in [6.07, 6.45) is 2.42. The molecule has 18 heavy (non-hydrogen) atoms. The monoisotopic (exact) mass is 248 g/mol. The smallest absolute Gasteiger partial charge is 0.306 e. The Morgan fingerprint density at radius 3 is 2.94 bits per heavy atom. The van der Waals surface area contributed by atoms with Crippen molar-refractivity contribution in [2.45, 2.75) is 31.5 Å². The standard InChI is InChI=1S/C14H16O4/c15-14-5-4-12(18-14)7-10-2-1-3-11(6-10)16-8-13-9-17-13/h1-3,6,12-13H,4-5,7-9H2. The fourth-order valence-electron chi connectivity index (χ4n) is 2.10. The van der Waals surface area contributed by atoms with Crippen molar-refractivity contribution in [3.8, 4) is 5.75 Å². The Morgan fingerprint density at radius 1 is 1.33 bits per heavy atom. The van der Waals surface area contributed by atoms with Gasteiger partial charge in [-0.1, -0.05) is 12.1 Å². The van der Waals surface area contributed by atoms with Crippen LogP contribution in [0.2, 0.25) is 0 Å². The number of hydrogen-bond acceptors (Lipinski definition) is 4. The van der Waals surface area contributed by atoms with Crippen molar-refractivity contribution in [2.75, 3.05) is 13.2 Å². The molecule has 2 aliphatic heterocycles. The molecular formula is C14H16O4. The predicted molar refractivity (Wildman–Crippen MR) is 64.5 cm³/mol. The Hall–Kier alpha value is -1.55. The highest BCUT2D eigenvalue weighted by molar-refractivity contribution is 5.71. The number of esters is 1. The van der Waals surface area contributed by atoms with Gasteiger partial charge in [0.2, 0.25) is 0 Å². The average molecular weight is 248 g/mol. The number of epoxide rings is 1. The van der Waals surface area contributed by atoms with E-state index >= 15 is 0 Å². The molecule has 2 unspecified atom stereocenters. The molecule has 4 heteroatoms. The van der Waals surface area contributed by atoms with E-state index in [2.05, 4.69) is 0 Å². The normalized spacial score (nSPS) is 25.9. The lowest BCUT2D eigenvalue weighted by molar-refractivity contribution is -0.141. The van der Waals surface area contributed by atoms with Crippen LogP contribution in [0.15, 0.2) is 24.3 Å². The summed E-state index contributed by atoms with van der Waals surface area (Å²) in [4.78, 5) is 11.0. The third-order valence-electron chi connectivity index (χ3n) is 3.17. The van der Waals surface area contributed by atoms with Crippen LogP contribution in [0, 0.1) is 0 Å². The topological polar surface area (TPSA) is 48.1 Å². The maximum absolute atomic E-state index is 11.0. The van der Waals surface area contributed by atoms with E-state index < -0.39 is 0 Å². The first-order valence-electron chi connectivity index (χ1n) is 6.32. The molecule has 2 aliphatic rings. The van der Waals surface area contributed by atoms with Gasteiger partial charge < -0.3 is 14.2 Å². The quantitative estimate of drug-likeness (QED) is 0.588. The van der Waals surface area contributed by atoms with Crippen molar-refractivity contribution < 1.29 is 19.0 Å². The van der Waals surface area contributed by atoms with Gasteiger partial charge in [-0.2, -0.15) is 0 Å². The molecule has 4 nitrogen and oxygen atoms in total. The summed E-state index contributed by atoms with van der Waals surface area (Å²) in [5, 5.41) is 0. The molecule has 0 spiro atoms. The Bertz CT molecular complexity index is 439. The molecule has 0 radical (unpaired) electrons. The van der Waals surface area contributed by atoms with Gasteiger partial charge in [-0.05, 0) is 24.1 Å². The molecule has 2 heterocycles. The number of carbonyl (C=O) groups excluding carboxylic acids is 1. The lowest BCUT2D eigenvalue weighted by Gasteiger charge is -2.10. The Labute approximate surface area is 106 Å². The van der Waals surface area contributed by atoms with E-state index in [9.17, 15) is 4.79 Å². The van der Waals surface area contributed by atoms with Gasteiger partial charge in [0, 0.05) is 12.8 Å². The van der Waals surface area contributed by atoms with Gasteiger partial charge in [-0.15, -0.1) is 0 Å². The molecule has 0 bridgehead atoms. The maximum atomic E-state index is 11.0. The largest absolute Gasteiger partial charge is 0.491 e. The first-order valence-corrected chi connectivity index (χ1v) is 6.32. The average Bonchev–Trinajstić information content (AvgIpc) is 3.11. The van der Waals surface area contributed by atoms with E-state index in [1.54, 1.807) is 0 Å². The number of ether oxygens (including phenoxy) is 3. The molecule has 3 rings (SSSR count). The van der Waals surface area contributed by atoms with Crippen LogP contribution >= 0.6 is 0 Å². The first-order chi connectivity index (χ1) is 8.79. The zero-order valence-corrected chi connectivity index (χ0v) is 10.1. The second kappa shape index (κ2) is 4.98. The van der Waals surface area contributed by atoms with Gasteiger partial charge in [0.05, 0.1) is 6.61 Å². The molecule has 1 aromatic rings. The number of benzene rings is 1. The van der Waals surface area contributed by atoms with Crippen molar-refractivity contribution in [3.63, 3.8) is 0 Å². The van der Waals surface area contributed by atoms with Gasteiger partial charge >= 0.3 is 5.97 Å². The zero-order valence-electron chi connectivity index (χ0n) is 10.1. The minimum atomic E-state index is -0.0849. The lowest BCUT2D eigenvalue weighted by Crippen LogP contribution is -2.10.